The number of aryl methyl sites for hydroxylation is 1. The first-order valence-corrected chi connectivity index (χ1v) is 3.90. The number of aliphatic hydroxyl groups excluding tert-OH is 1. The van der Waals surface area contributed by atoms with Crippen molar-refractivity contribution < 1.29 is 14.6 Å². The largest absolute Gasteiger partial charge is 0.467 e. The number of nitrogens with one attached hydrogen (secondary N) is 1. The maximum Gasteiger partial charge on any atom is 0.335 e. The molecule has 1 unspecified atom stereocenters. The lowest BCUT2D eigenvalue weighted by Gasteiger charge is -2.06. The summed E-state index contributed by atoms with van der Waals surface area (Å²) in [4.78, 5) is 17.6. The number of esters is 1. The Hall–Kier alpha value is -1.36. The van der Waals surface area contributed by atoms with Crippen molar-refractivity contribution >= 4 is 5.97 Å². The van der Waals surface area contributed by atoms with Crippen molar-refractivity contribution in [1.82, 2.24) is 9.97 Å². The van der Waals surface area contributed by atoms with Gasteiger partial charge < -0.3 is 14.8 Å². The molecule has 72 valence electrons. The molecule has 1 atom stereocenters. The van der Waals surface area contributed by atoms with Crippen LogP contribution in [0.4, 0.5) is 0 Å². The third-order valence-electron chi connectivity index (χ3n) is 1.79. The Morgan fingerprint density at radius 3 is 3.00 bits per heavy atom. The molecular weight excluding hydrogens is 172 g/mol. The summed E-state index contributed by atoms with van der Waals surface area (Å²) in [7, 11) is 1.24. The Labute approximate surface area is 75.8 Å². The second-order valence-electron chi connectivity index (χ2n) is 2.72. The van der Waals surface area contributed by atoms with E-state index in [4.69, 9.17) is 0 Å². The van der Waals surface area contributed by atoms with Crippen LogP contribution in [0.25, 0.3) is 0 Å². The van der Waals surface area contributed by atoms with Gasteiger partial charge in [0.25, 0.3) is 0 Å². The Kier molecular flexibility index (Phi) is 3.02. The van der Waals surface area contributed by atoms with Gasteiger partial charge in [-0.05, 0) is 6.92 Å². The number of ether oxygens (including phenoxy) is 1. The standard InChI is InChI=1S/C8H12N2O3/c1-5-6(10-4-9-5)3-7(11)8(12)13-2/h4,7,11H,3H2,1-2H3,(H,9,10). The fraction of sp³-hybridized carbons (Fsp3) is 0.500. The van der Waals surface area contributed by atoms with E-state index in [-0.39, 0.29) is 6.42 Å². The van der Waals surface area contributed by atoms with E-state index in [1.807, 2.05) is 6.92 Å². The predicted octanol–water partition coefficient (Wildman–Crippen LogP) is -0.205. The number of nitrogens with zero attached hydrogens (tertiary/aromatic N) is 1. The molecule has 0 aliphatic rings. The Morgan fingerprint density at radius 1 is 1.85 bits per heavy atom. The first-order chi connectivity index (χ1) is 6.15. The van der Waals surface area contributed by atoms with Crippen molar-refractivity contribution in [3.63, 3.8) is 0 Å². The minimum Gasteiger partial charge on any atom is -0.467 e. The fourth-order valence-electron chi connectivity index (χ4n) is 0.995. The summed E-state index contributed by atoms with van der Waals surface area (Å²) < 4.78 is 4.37. The monoisotopic (exact) mass is 184 g/mol. The molecule has 13 heavy (non-hydrogen) atoms. The summed E-state index contributed by atoms with van der Waals surface area (Å²) in [6.45, 7) is 1.83. The summed E-state index contributed by atoms with van der Waals surface area (Å²) in [5.74, 6) is -0.637. The highest BCUT2D eigenvalue weighted by atomic mass is 16.5. The number of hydrogen-bond acceptors (Lipinski definition) is 4. The molecule has 2 N–H and O–H groups in total. The van der Waals surface area contributed by atoms with Gasteiger partial charge in [0.1, 0.15) is 0 Å². The zero-order valence-electron chi connectivity index (χ0n) is 7.57. The van der Waals surface area contributed by atoms with Crippen molar-refractivity contribution in [2.24, 2.45) is 0 Å². The van der Waals surface area contributed by atoms with E-state index in [2.05, 4.69) is 14.7 Å². The average molecular weight is 184 g/mol. The zero-order chi connectivity index (χ0) is 9.84. The molecule has 0 aliphatic carbocycles. The first kappa shape index (κ1) is 9.73. The quantitative estimate of drug-likeness (QED) is 0.637. The molecule has 1 rings (SSSR count). The van der Waals surface area contributed by atoms with Crippen molar-refractivity contribution in [3.8, 4) is 0 Å². The van der Waals surface area contributed by atoms with Crippen molar-refractivity contribution in [2.75, 3.05) is 7.11 Å². The van der Waals surface area contributed by atoms with Gasteiger partial charge in [0.15, 0.2) is 6.10 Å². The highest BCUT2D eigenvalue weighted by molar-refractivity contribution is 5.74. The van der Waals surface area contributed by atoms with Gasteiger partial charge in [-0.25, -0.2) is 9.78 Å². The van der Waals surface area contributed by atoms with Crippen LogP contribution in [0.1, 0.15) is 11.4 Å². The van der Waals surface area contributed by atoms with Crippen LogP contribution in [0.5, 0.6) is 0 Å². The lowest BCUT2D eigenvalue weighted by atomic mass is 10.2. The number of imidazole rings is 1. The number of aromatic amines is 1. The van der Waals surface area contributed by atoms with Crippen LogP contribution in [-0.2, 0) is 16.0 Å². The van der Waals surface area contributed by atoms with E-state index in [9.17, 15) is 9.90 Å². The van der Waals surface area contributed by atoms with Crippen LogP contribution in [-0.4, -0.2) is 34.3 Å². The summed E-state index contributed by atoms with van der Waals surface area (Å²) >= 11 is 0. The van der Waals surface area contributed by atoms with Gasteiger partial charge in [-0.1, -0.05) is 0 Å². The minimum atomic E-state index is -1.13. The Morgan fingerprint density at radius 2 is 2.54 bits per heavy atom. The number of carbonyl (C=O) groups excluding carboxylic acids is 1. The molecule has 5 heteroatoms. The maximum atomic E-state index is 10.8. The van der Waals surface area contributed by atoms with Crippen LogP contribution in [0.2, 0.25) is 0 Å². The molecule has 0 aliphatic heterocycles. The zero-order valence-corrected chi connectivity index (χ0v) is 7.57. The number of hydrogen-bond donors (Lipinski definition) is 2. The molecule has 0 amide bonds. The molecule has 0 spiro atoms. The summed E-state index contributed by atoms with van der Waals surface area (Å²) in [6.07, 6.45) is 0.573. The number of aromatic nitrogens is 2. The van der Waals surface area contributed by atoms with E-state index in [0.29, 0.717) is 5.69 Å². The molecule has 0 saturated carbocycles. The van der Waals surface area contributed by atoms with Gasteiger partial charge >= 0.3 is 5.97 Å². The van der Waals surface area contributed by atoms with E-state index in [1.165, 1.54) is 13.4 Å². The molecular formula is C8H12N2O3. The maximum absolute atomic E-state index is 10.8. The normalized spacial score (nSPS) is 12.5. The Bertz CT molecular complexity index is 295. The van der Waals surface area contributed by atoms with Crippen LogP contribution in [0.15, 0.2) is 6.33 Å². The SMILES string of the molecule is COC(=O)C(O)Cc1nc[nH]c1C. The molecule has 0 aromatic carbocycles. The highest BCUT2D eigenvalue weighted by Gasteiger charge is 2.17. The van der Waals surface area contributed by atoms with Crippen molar-refractivity contribution in [2.45, 2.75) is 19.4 Å². The summed E-state index contributed by atoms with van der Waals surface area (Å²) in [6, 6.07) is 0. The van der Waals surface area contributed by atoms with Gasteiger partial charge in [-0.3, -0.25) is 0 Å². The number of aliphatic hydroxyl groups is 1. The van der Waals surface area contributed by atoms with Crippen LogP contribution in [0, 0.1) is 6.92 Å². The Balaban J connectivity index is 2.59. The van der Waals surface area contributed by atoms with Gasteiger partial charge in [-0.2, -0.15) is 0 Å². The van der Waals surface area contributed by atoms with E-state index in [1.54, 1.807) is 0 Å². The molecule has 0 fully saturated rings. The van der Waals surface area contributed by atoms with Crippen LogP contribution < -0.4 is 0 Å². The number of methoxy groups -OCH3 is 1. The van der Waals surface area contributed by atoms with Crippen molar-refractivity contribution in [1.29, 1.82) is 0 Å². The predicted molar refractivity (Wildman–Crippen MR) is 45.1 cm³/mol. The fourth-order valence-corrected chi connectivity index (χ4v) is 0.995. The minimum absolute atomic E-state index is 0.183. The number of rotatable bonds is 3. The molecule has 5 nitrogen and oxygen atoms in total. The van der Waals surface area contributed by atoms with Gasteiger partial charge in [-0.15, -0.1) is 0 Å². The van der Waals surface area contributed by atoms with E-state index in [0.717, 1.165) is 5.69 Å². The second-order valence-corrected chi connectivity index (χ2v) is 2.72. The lowest BCUT2D eigenvalue weighted by molar-refractivity contribution is -0.150. The molecule has 1 aromatic rings. The third kappa shape index (κ3) is 2.29. The summed E-state index contributed by atoms with van der Waals surface area (Å²) in [5, 5.41) is 9.29. The van der Waals surface area contributed by atoms with Gasteiger partial charge in [0, 0.05) is 12.1 Å². The lowest BCUT2D eigenvalue weighted by Crippen LogP contribution is -2.24. The van der Waals surface area contributed by atoms with Gasteiger partial charge in [0.2, 0.25) is 0 Å². The molecule has 1 heterocycles. The highest BCUT2D eigenvalue weighted by Crippen LogP contribution is 2.05. The topological polar surface area (TPSA) is 75.2 Å². The summed E-state index contributed by atoms with van der Waals surface area (Å²) in [5.41, 5.74) is 1.53. The number of carbonyl (C=O) groups is 1. The van der Waals surface area contributed by atoms with Crippen molar-refractivity contribution in [3.05, 3.63) is 17.7 Å². The second kappa shape index (κ2) is 4.04. The average Bonchev–Trinajstić information content (AvgIpc) is 2.50. The smallest absolute Gasteiger partial charge is 0.335 e. The third-order valence-corrected chi connectivity index (χ3v) is 1.79. The molecule has 0 bridgehead atoms. The van der Waals surface area contributed by atoms with Crippen LogP contribution >= 0.6 is 0 Å². The van der Waals surface area contributed by atoms with E-state index >= 15 is 0 Å². The first-order valence-electron chi connectivity index (χ1n) is 3.90. The van der Waals surface area contributed by atoms with Crippen LogP contribution in [0.3, 0.4) is 0 Å². The van der Waals surface area contributed by atoms with E-state index < -0.39 is 12.1 Å². The number of H-pyrrole nitrogens is 1. The molecule has 0 radical (unpaired) electrons. The van der Waals surface area contributed by atoms with Gasteiger partial charge in [0.05, 0.1) is 19.1 Å². The molecule has 0 saturated heterocycles. The molecule has 1 aromatic heterocycles.